The molecule has 1 aromatic rings. The second-order valence-corrected chi connectivity index (χ2v) is 3.61. The largest absolute Gasteiger partial charge is 0.357 e. The van der Waals surface area contributed by atoms with Crippen molar-refractivity contribution >= 4 is 11.5 Å². The Hall–Kier alpha value is -1.64. The van der Waals surface area contributed by atoms with E-state index in [1.807, 2.05) is 19.9 Å². The first kappa shape index (κ1) is 8.94. The van der Waals surface area contributed by atoms with E-state index < -0.39 is 0 Å². The molecule has 14 heavy (non-hydrogen) atoms. The summed E-state index contributed by atoms with van der Waals surface area (Å²) in [6, 6.07) is 1.81. The SMILES string of the molecule is C=C1Nc2cnc(C)cc2C(=O)C1C. The summed E-state index contributed by atoms with van der Waals surface area (Å²) in [5, 5.41) is 3.09. The van der Waals surface area contributed by atoms with Gasteiger partial charge in [-0.25, -0.2) is 0 Å². The number of carbonyl (C=O) groups excluding carboxylic acids is 1. The van der Waals surface area contributed by atoms with Crippen molar-refractivity contribution < 1.29 is 4.79 Å². The number of hydrogen-bond donors (Lipinski definition) is 1. The van der Waals surface area contributed by atoms with Crippen LogP contribution in [0.5, 0.6) is 0 Å². The van der Waals surface area contributed by atoms with Gasteiger partial charge < -0.3 is 5.32 Å². The maximum Gasteiger partial charge on any atom is 0.173 e. The smallest absolute Gasteiger partial charge is 0.173 e. The quantitative estimate of drug-likeness (QED) is 0.678. The van der Waals surface area contributed by atoms with Crippen molar-refractivity contribution in [2.45, 2.75) is 13.8 Å². The highest BCUT2D eigenvalue weighted by atomic mass is 16.1. The van der Waals surface area contributed by atoms with E-state index in [0.29, 0.717) is 0 Å². The van der Waals surface area contributed by atoms with Crippen LogP contribution < -0.4 is 5.32 Å². The Kier molecular flexibility index (Phi) is 1.88. The Morgan fingerprint density at radius 2 is 2.29 bits per heavy atom. The second kappa shape index (κ2) is 2.94. The van der Waals surface area contributed by atoms with E-state index in [0.717, 1.165) is 22.6 Å². The lowest BCUT2D eigenvalue weighted by Gasteiger charge is -2.24. The van der Waals surface area contributed by atoms with Gasteiger partial charge in [-0.1, -0.05) is 6.58 Å². The number of nitrogens with zero attached hydrogens (tertiary/aromatic N) is 1. The lowest BCUT2D eigenvalue weighted by molar-refractivity contribution is 0.0945. The molecule has 0 saturated heterocycles. The van der Waals surface area contributed by atoms with E-state index in [1.54, 1.807) is 6.20 Å². The molecule has 0 fully saturated rings. The lowest BCUT2D eigenvalue weighted by atomic mass is 9.92. The van der Waals surface area contributed by atoms with Gasteiger partial charge in [-0.15, -0.1) is 0 Å². The summed E-state index contributed by atoms with van der Waals surface area (Å²) in [4.78, 5) is 16.0. The molecular formula is C11H12N2O. The zero-order valence-corrected chi connectivity index (χ0v) is 8.29. The third-order valence-corrected chi connectivity index (χ3v) is 2.52. The number of nitrogens with one attached hydrogen (secondary N) is 1. The summed E-state index contributed by atoms with van der Waals surface area (Å²) in [6.07, 6.45) is 1.68. The maximum atomic E-state index is 11.9. The van der Waals surface area contributed by atoms with Crippen molar-refractivity contribution in [1.29, 1.82) is 0 Å². The molecule has 3 nitrogen and oxygen atoms in total. The van der Waals surface area contributed by atoms with Gasteiger partial charge in [-0.3, -0.25) is 9.78 Å². The van der Waals surface area contributed by atoms with Crippen LogP contribution in [0.15, 0.2) is 24.5 Å². The summed E-state index contributed by atoms with van der Waals surface area (Å²) in [7, 11) is 0. The number of fused-ring (bicyclic) bond motifs is 1. The zero-order chi connectivity index (χ0) is 10.3. The van der Waals surface area contributed by atoms with Gasteiger partial charge in [0.05, 0.1) is 17.8 Å². The van der Waals surface area contributed by atoms with Crippen molar-refractivity contribution in [2.75, 3.05) is 5.32 Å². The Labute approximate surface area is 82.9 Å². The summed E-state index contributed by atoms with van der Waals surface area (Å²) in [5.74, 6) is -0.0291. The molecule has 1 aliphatic rings. The molecule has 0 amide bonds. The van der Waals surface area contributed by atoms with E-state index in [2.05, 4.69) is 16.9 Å². The minimum atomic E-state index is -0.149. The van der Waals surface area contributed by atoms with E-state index in [-0.39, 0.29) is 11.7 Å². The van der Waals surface area contributed by atoms with Crippen molar-refractivity contribution in [2.24, 2.45) is 5.92 Å². The van der Waals surface area contributed by atoms with Crippen LogP contribution in [0, 0.1) is 12.8 Å². The molecule has 1 unspecified atom stereocenters. The minimum absolute atomic E-state index is 0.120. The van der Waals surface area contributed by atoms with Crippen molar-refractivity contribution in [3.63, 3.8) is 0 Å². The first-order valence-corrected chi connectivity index (χ1v) is 4.56. The van der Waals surface area contributed by atoms with Crippen molar-refractivity contribution in [3.05, 3.63) is 35.8 Å². The summed E-state index contributed by atoms with van der Waals surface area (Å²) >= 11 is 0. The predicted octanol–water partition coefficient (Wildman–Crippen LogP) is 2.15. The number of Topliss-reactive ketones (excluding diaryl/α,β-unsaturated/α-hetero) is 1. The number of pyridine rings is 1. The van der Waals surface area contributed by atoms with Crippen LogP contribution in [0.3, 0.4) is 0 Å². The molecular weight excluding hydrogens is 176 g/mol. The molecule has 0 radical (unpaired) electrons. The van der Waals surface area contributed by atoms with Gasteiger partial charge in [0, 0.05) is 17.0 Å². The molecule has 0 aromatic carbocycles. The van der Waals surface area contributed by atoms with E-state index >= 15 is 0 Å². The van der Waals surface area contributed by atoms with Crippen LogP contribution in [-0.4, -0.2) is 10.8 Å². The Morgan fingerprint density at radius 1 is 1.57 bits per heavy atom. The molecule has 2 heterocycles. The molecule has 0 bridgehead atoms. The predicted molar refractivity (Wildman–Crippen MR) is 55.2 cm³/mol. The highest BCUT2D eigenvalue weighted by molar-refractivity contribution is 6.06. The summed E-state index contributed by atoms with van der Waals surface area (Å²) < 4.78 is 0. The number of anilines is 1. The van der Waals surface area contributed by atoms with Crippen LogP contribution in [0.25, 0.3) is 0 Å². The van der Waals surface area contributed by atoms with Crippen molar-refractivity contribution in [1.82, 2.24) is 4.98 Å². The number of allylic oxidation sites excluding steroid dienone is 1. The highest BCUT2D eigenvalue weighted by Gasteiger charge is 2.26. The highest BCUT2D eigenvalue weighted by Crippen LogP contribution is 2.29. The van der Waals surface area contributed by atoms with Crippen LogP contribution in [0.1, 0.15) is 23.0 Å². The summed E-state index contributed by atoms with van der Waals surface area (Å²) in [5.41, 5.74) is 3.09. The van der Waals surface area contributed by atoms with Crippen LogP contribution in [0.2, 0.25) is 0 Å². The minimum Gasteiger partial charge on any atom is -0.357 e. The van der Waals surface area contributed by atoms with Gasteiger partial charge >= 0.3 is 0 Å². The zero-order valence-electron chi connectivity index (χ0n) is 8.29. The molecule has 0 saturated carbocycles. The third kappa shape index (κ3) is 1.21. The molecule has 72 valence electrons. The number of hydrogen-bond acceptors (Lipinski definition) is 3. The molecule has 1 aromatic heterocycles. The topological polar surface area (TPSA) is 42.0 Å². The fraction of sp³-hybridized carbons (Fsp3) is 0.273. The van der Waals surface area contributed by atoms with Crippen LogP contribution in [0.4, 0.5) is 5.69 Å². The Bertz CT molecular complexity index is 423. The second-order valence-electron chi connectivity index (χ2n) is 3.61. The Balaban J connectivity index is 2.57. The first-order chi connectivity index (χ1) is 6.59. The lowest BCUT2D eigenvalue weighted by Crippen LogP contribution is -2.25. The van der Waals surface area contributed by atoms with Gasteiger partial charge in [-0.05, 0) is 19.9 Å². The number of carbonyl (C=O) groups is 1. The molecule has 0 spiro atoms. The molecule has 0 aliphatic carbocycles. The molecule has 1 aliphatic heterocycles. The number of aromatic nitrogens is 1. The van der Waals surface area contributed by atoms with E-state index in [1.165, 1.54) is 0 Å². The van der Waals surface area contributed by atoms with Gasteiger partial charge in [0.2, 0.25) is 0 Å². The molecule has 1 N–H and O–H groups in total. The van der Waals surface area contributed by atoms with E-state index in [4.69, 9.17) is 0 Å². The van der Waals surface area contributed by atoms with Gasteiger partial charge in [0.1, 0.15) is 0 Å². The average Bonchev–Trinajstić information content (AvgIpc) is 2.16. The Morgan fingerprint density at radius 3 is 3.00 bits per heavy atom. The van der Waals surface area contributed by atoms with Gasteiger partial charge in [0.15, 0.2) is 5.78 Å². The normalized spacial score (nSPS) is 20.3. The third-order valence-electron chi connectivity index (χ3n) is 2.52. The fourth-order valence-electron chi connectivity index (χ4n) is 1.54. The monoisotopic (exact) mass is 188 g/mol. The average molecular weight is 188 g/mol. The van der Waals surface area contributed by atoms with Crippen LogP contribution >= 0.6 is 0 Å². The van der Waals surface area contributed by atoms with Crippen LogP contribution in [-0.2, 0) is 0 Å². The molecule has 1 atom stereocenters. The maximum absolute atomic E-state index is 11.9. The van der Waals surface area contributed by atoms with Gasteiger partial charge in [0.25, 0.3) is 0 Å². The molecule has 2 rings (SSSR count). The first-order valence-electron chi connectivity index (χ1n) is 4.56. The number of rotatable bonds is 0. The number of aryl methyl sites for hydroxylation is 1. The standard InChI is InChI=1S/C11H12N2O/c1-6-4-9-10(5-12-6)13-8(3)7(2)11(9)14/h4-5,7,13H,3H2,1-2H3. The number of ketones is 1. The van der Waals surface area contributed by atoms with Crippen molar-refractivity contribution in [3.8, 4) is 0 Å². The van der Waals surface area contributed by atoms with Gasteiger partial charge in [-0.2, -0.15) is 0 Å². The van der Waals surface area contributed by atoms with E-state index in [9.17, 15) is 4.79 Å². The molecule has 3 heteroatoms. The summed E-state index contributed by atoms with van der Waals surface area (Å²) in [6.45, 7) is 7.54. The fourth-order valence-corrected chi connectivity index (χ4v) is 1.54.